The molecular weight excluding hydrogens is 324 g/mol. The zero-order valence-electron chi connectivity index (χ0n) is 9.34. The molecule has 0 aliphatic rings. The van der Waals surface area contributed by atoms with Crippen molar-refractivity contribution in [3.63, 3.8) is 0 Å². The highest BCUT2D eigenvalue weighted by Crippen LogP contribution is 2.24. The predicted molar refractivity (Wildman–Crippen MR) is 68.9 cm³/mol. The van der Waals surface area contributed by atoms with Crippen LogP contribution in [0.1, 0.15) is 21.1 Å². The highest BCUT2D eigenvalue weighted by Gasteiger charge is 2.17. The lowest BCUT2D eigenvalue weighted by atomic mass is 10.1. The number of halogens is 3. The minimum atomic E-state index is -1.05. The Bertz CT molecular complexity index is 612. The first-order valence-electron chi connectivity index (χ1n) is 5.06. The average Bonchev–Trinajstić information content (AvgIpc) is 2.71. The van der Waals surface area contributed by atoms with E-state index in [1.54, 1.807) is 5.38 Å². The zero-order chi connectivity index (χ0) is 13.3. The lowest BCUT2D eigenvalue weighted by molar-refractivity contribution is 0.0990. The fourth-order valence-electron chi connectivity index (χ4n) is 1.49. The summed E-state index contributed by atoms with van der Waals surface area (Å²) in [6.07, 6.45) is 0.0774. The molecule has 0 fully saturated rings. The molecule has 6 heteroatoms. The molecule has 94 valence electrons. The van der Waals surface area contributed by atoms with Crippen LogP contribution in [-0.4, -0.2) is 10.8 Å². The van der Waals surface area contributed by atoms with Crippen molar-refractivity contribution in [2.24, 2.45) is 0 Å². The molecule has 0 N–H and O–H groups in total. The van der Waals surface area contributed by atoms with Gasteiger partial charge in [-0.2, -0.15) is 0 Å². The summed E-state index contributed by atoms with van der Waals surface area (Å²) in [5, 5.41) is 2.64. The number of thiazole rings is 1. The number of benzene rings is 1. The number of carbonyl (C=O) groups excluding carboxylic acids is 1. The monoisotopic (exact) mass is 331 g/mol. The topological polar surface area (TPSA) is 30.0 Å². The average molecular weight is 332 g/mol. The molecule has 1 aromatic carbocycles. The van der Waals surface area contributed by atoms with Crippen LogP contribution >= 0.6 is 27.3 Å². The Morgan fingerprint density at radius 3 is 2.78 bits per heavy atom. The minimum Gasteiger partial charge on any atom is -0.294 e. The first-order chi connectivity index (χ1) is 8.49. The predicted octanol–water partition coefficient (Wildman–Crippen LogP) is 3.92. The summed E-state index contributed by atoms with van der Waals surface area (Å²) in [4.78, 5) is 16.1. The summed E-state index contributed by atoms with van der Waals surface area (Å²) in [5.74, 6) is -2.33. The number of aryl methyl sites for hydroxylation is 1. The molecule has 0 saturated heterocycles. The maximum absolute atomic E-state index is 13.3. The largest absolute Gasteiger partial charge is 0.294 e. The summed E-state index contributed by atoms with van der Waals surface area (Å²) in [7, 11) is 0. The number of nitrogens with zero attached hydrogens (tertiary/aromatic N) is 1. The Labute approximate surface area is 115 Å². The summed E-state index contributed by atoms with van der Waals surface area (Å²) >= 11 is 4.34. The van der Waals surface area contributed by atoms with Gasteiger partial charge >= 0.3 is 0 Å². The van der Waals surface area contributed by atoms with Crippen molar-refractivity contribution in [2.75, 3.05) is 0 Å². The van der Waals surface area contributed by atoms with Gasteiger partial charge in [0.15, 0.2) is 17.4 Å². The minimum absolute atomic E-state index is 0.0774. The third kappa shape index (κ3) is 2.64. The smallest absolute Gasteiger partial charge is 0.173 e. The summed E-state index contributed by atoms with van der Waals surface area (Å²) in [6.45, 7) is 1.84. The summed E-state index contributed by atoms with van der Waals surface area (Å²) in [5.41, 5.74) is 0.763. The van der Waals surface area contributed by atoms with E-state index < -0.39 is 11.6 Å². The molecule has 0 aliphatic heterocycles. The van der Waals surface area contributed by atoms with E-state index >= 15 is 0 Å². The van der Waals surface area contributed by atoms with E-state index in [0.717, 1.165) is 11.1 Å². The van der Waals surface area contributed by atoms with Crippen molar-refractivity contribution >= 4 is 33.0 Å². The molecule has 2 nitrogen and oxygen atoms in total. The van der Waals surface area contributed by atoms with E-state index in [-0.39, 0.29) is 22.2 Å². The molecule has 2 rings (SSSR count). The Morgan fingerprint density at radius 2 is 2.17 bits per heavy atom. The molecule has 2 aromatic rings. The second-order valence-electron chi connectivity index (χ2n) is 3.68. The van der Waals surface area contributed by atoms with E-state index in [0.29, 0.717) is 5.69 Å². The van der Waals surface area contributed by atoms with Gasteiger partial charge in [-0.1, -0.05) is 0 Å². The molecule has 0 radical (unpaired) electrons. The van der Waals surface area contributed by atoms with Crippen LogP contribution in [-0.2, 0) is 6.42 Å². The second kappa shape index (κ2) is 5.24. The molecule has 0 atom stereocenters. The lowest BCUT2D eigenvalue weighted by Crippen LogP contribution is -2.06. The lowest BCUT2D eigenvalue weighted by Gasteiger charge is -2.04. The van der Waals surface area contributed by atoms with Gasteiger partial charge in [0.05, 0.1) is 21.6 Å². The van der Waals surface area contributed by atoms with Crippen LogP contribution in [0, 0.1) is 18.6 Å². The molecule has 0 amide bonds. The van der Waals surface area contributed by atoms with E-state index in [1.807, 2.05) is 6.92 Å². The van der Waals surface area contributed by atoms with Gasteiger partial charge in [0, 0.05) is 10.9 Å². The number of carbonyl (C=O) groups is 1. The maximum Gasteiger partial charge on any atom is 0.173 e. The Kier molecular flexibility index (Phi) is 3.87. The van der Waals surface area contributed by atoms with E-state index in [4.69, 9.17) is 0 Å². The molecule has 1 aromatic heterocycles. The number of Topliss-reactive ketones (excluding diaryl/α,β-unsaturated/α-hetero) is 1. The fourth-order valence-corrected chi connectivity index (χ4v) is 2.65. The van der Waals surface area contributed by atoms with Crippen LogP contribution in [0.25, 0.3) is 0 Å². The van der Waals surface area contributed by atoms with Crippen molar-refractivity contribution in [2.45, 2.75) is 13.3 Å². The third-order valence-electron chi connectivity index (χ3n) is 2.34. The highest BCUT2D eigenvalue weighted by atomic mass is 79.9. The quantitative estimate of drug-likeness (QED) is 0.630. The number of hydrogen-bond donors (Lipinski definition) is 0. The Hall–Kier alpha value is -1.14. The number of ketones is 1. The number of aromatic nitrogens is 1. The molecule has 0 saturated carbocycles. The molecule has 0 aliphatic carbocycles. The van der Waals surface area contributed by atoms with Gasteiger partial charge in [0.2, 0.25) is 0 Å². The number of rotatable bonds is 3. The fraction of sp³-hybridized carbons (Fsp3) is 0.167. The van der Waals surface area contributed by atoms with Gasteiger partial charge in [-0.25, -0.2) is 13.8 Å². The van der Waals surface area contributed by atoms with Crippen molar-refractivity contribution in [1.82, 2.24) is 4.98 Å². The zero-order valence-corrected chi connectivity index (χ0v) is 11.7. The van der Waals surface area contributed by atoms with Gasteiger partial charge in [0.25, 0.3) is 0 Å². The van der Waals surface area contributed by atoms with Crippen LogP contribution in [0.5, 0.6) is 0 Å². The van der Waals surface area contributed by atoms with E-state index in [2.05, 4.69) is 20.9 Å². The Balaban J connectivity index is 2.27. The first kappa shape index (κ1) is 13.3. The van der Waals surface area contributed by atoms with Crippen molar-refractivity contribution < 1.29 is 13.6 Å². The van der Waals surface area contributed by atoms with Gasteiger partial charge in [-0.3, -0.25) is 4.79 Å². The molecule has 0 bridgehead atoms. The van der Waals surface area contributed by atoms with E-state index in [9.17, 15) is 13.6 Å². The van der Waals surface area contributed by atoms with Crippen molar-refractivity contribution in [3.8, 4) is 0 Å². The van der Waals surface area contributed by atoms with Crippen LogP contribution in [0.3, 0.4) is 0 Å². The number of hydrogen-bond acceptors (Lipinski definition) is 3. The third-order valence-corrected chi connectivity index (χ3v) is 3.94. The molecular formula is C12H8BrF2NOS. The molecule has 1 heterocycles. The normalized spacial score (nSPS) is 10.7. The van der Waals surface area contributed by atoms with Crippen molar-refractivity contribution in [1.29, 1.82) is 0 Å². The Morgan fingerprint density at radius 1 is 1.44 bits per heavy atom. The molecule has 0 unspecified atom stereocenters. The van der Waals surface area contributed by atoms with Gasteiger partial charge < -0.3 is 0 Å². The van der Waals surface area contributed by atoms with Gasteiger partial charge in [0.1, 0.15) is 0 Å². The summed E-state index contributed by atoms with van der Waals surface area (Å²) < 4.78 is 26.1. The van der Waals surface area contributed by atoms with Crippen LogP contribution in [0.2, 0.25) is 0 Å². The summed E-state index contributed by atoms with van der Waals surface area (Å²) in [6, 6.07) is 2.21. The van der Waals surface area contributed by atoms with Gasteiger partial charge in [-0.05, 0) is 35.0 Å². The van der Waals surface area contributed by atoms with Crippen LogP contribution < -0.4 is 0 Å². The van der Waals surface area contributed by atoms with Crippen LogP contribution in [0.4, 0.5) is 8.78 Å². The SMILES string of the molecule is Cc1nc(CC(=O)c2ccc(F)c(F)c2Br)cs1. The van der Waals surface area contributed by atoms with Crippen LogP contribution in [0.15, 0.2) is 22.0 Å². The standard InChI is InChI=1S/C12H8BrF2NOS/c1-6-16-7(5-18-6)4-10(17)8-2-3-9(14)12(15)11(8)13/h2-3,5H,4H2,1H3. The van der Waals surface area contributed by atoms with E-state index in [1.165, 1.54) is 17.4 Å². The van der Waals surface area contributed by atoms with Crippen molar-refractivity contribution in [3.05, 3.63) is 49.9 Å². The van der Waals surface area contributed by atoms with Gasteiger partial charge in [-0.15, -0.1) is 11.3 Å². The maximum atomic E-state index is 13.3. The highest BCUT2D eigenvalue weighted by molar-refractivity contribution is 9.10. The molecule has 18 heavy (non-hydrogen) atoms. The first-order valence-corrected chi connectivity index (χ1v) is 6.74. The molecule has 0 spiro atoms. The second-order valence-corrected chi connectivity index (χ2v) is 5.54.